The van der Waals surface area contributed by atoms with Gasteiger partial charge in [-0.25, -0.2) is 14.1 Å². The van der Waals surface area contributed by atoms with Crippen LogP contribution in [0.2, 0.25) is 0 Å². The molecule has 0 radical (unpaired) electrons. The summed E-state index contributed by atoms with van der Waals surface area (Å²) >= 11 is 0. The number of benzene rings is 2. The molecule has 7 nitrogen and oxygen atoms in total. The van der Waals surface area contributed by atoms with Gasteiger partial charge in [0, 0.05) is 18.0 Å². The molecule has 2 amide bonds. The normalized spacial score (nSPS) is 17.2. The van der Waals surface area contributed by atoms with Gasteiger partial charge in [0.25, 0.3) is 11.8 Å². The number of carbonyl (C=O) groups excluding carboxylic acids is 2. The summed E-state index contributed by atoms with van der Waals surface area (Å²) in [6.07, 6.45) is -4.75. The van der Waals surface area contributed by atoms with Gasteiger partial charge in [0.2, 0.25) is 0 Å². The first kappa shape index (κ1) is 26.1. The van der Waals surface area contributed by atoms with Crippen LogP contribution < -0.4 is 10.2 Å². The van der Waals surface area contributed by atoms with E-state index >= 15 is 0 Å². The highest BCUT2D eigenvalue weighted by atomic mass is 19.4. The maximum Gasteiger partial charge on any atom is 0.433 e. The molecule has 1 N–H and O–H groups in total. The molecule has 2 atom stereocenters. The zero-order valence-electron chi connectivity index (χ0n) is 20.9. The number of amides is 2. The first-order valence-corrected chi connectivity index (χ1v) is 12.2. The molecule has 0 saturated carbocycles. The number of nitrogens with one attached hydrogen (secondary N) is 1. The fourth-order valence-corrected chi connectivity index (χ4v) is 4.90. The molecular formula is C28H23F4N5O2. The molecule has 11 heteroatoms. The van der Waals surface area contributed by atoms with E-state index in [0.717, 1.165) is 18.2 Å². The Morgan fingerprint density at radius 3 is 2.33 bits per heavy atom. The van der Waals surface area contributed by atoms with E-state index in [4.69, 9.17) is 5.10 Å². The third-order valence-corrected chi connectivity index (χ3v) is 6.62. The Morgan fingerprint density at radius 1 is 1.00 bits per heavy atom. The van der Waals surface area contributed by atoms with Gasteiger partial charge in [0.15, 0.2) is 0 Å². The van der Waals surface area contributed by atoms with Crippen LogP contribution >= 0.6 is 0 Å². The van der Waals surface area contributed by atoms with Crippen LogP contribution in [-0.4, -0.2) is 39.2 Å². The van der Waals surface area contributed by atoms with Gasteiger partial charge in [-0.2, -0.15) is 18.3 Å². The van der Waals surface area contributed by atoms with Gasteiger partial charge in [-0.05, 0) is 55.8 Å². The molecule has 0 unspecified atom stereocenters. The molecule has 0 spiro atoms. The minimum atomic E-state index is -4.75. The Labute approximate surface area is 221 Å². The molecule has 5 rings (SSSR count). The zero-order chi connectivity index (χ0) is 27.9. The van der Waals surface area contributed by atoms with Crippen molar-refractivity contribution in [2.45, 2.75) is 32.0 Å². The van der Waals surface area contributed by atoms with Crippen LogP contribution in [-0.2, 0) is 11.0 Å². The van der Waals surface area contributed by atoms with E-state index in [1.54, 1.807) is 18.5 Å². The second-order valence-corrected chi connectivity index (χ2v) is 9.04. The van der Waals surface area contributed by atoms with Crippen molar-refractivity contribution in [1.82, 2.24) is 20.1 Å². The number of alkyl halides is 3. The first-order chi connectivity index (χ1) is 18.6. The van der Waals surface area contributed by atoms with Crippen LogP contribution in [0, 0.1) is 12.7 Å². The maximum atomic E-state index is 14.0. The molecular weight excluding hydrogens is 514 g/mol. The lowest BCUT2D eigenvalue weighted by Gasteiger charge is -2.38. The average Bonchev–Trinajstić information content (AvgIpc) is 3.26. The molecule has 200 valence electrons. The molecule has 3 heterocycles. The summed E-state index contributed by atoms with van der Waals surface area (Å²) < 4.78 is 55.2. The number of rotatable bonds is 5. The smallest absolute Gasteiger partial charge is 0.338 e. The minimum Gasteiger partial charge on any atom is -0.338 e. The Balaban J connectivity index is 1.65. The summed E-state index contributed by atoms with van der Waals surface area (Å²) in [5, 5.41) is 7.31. The number of likely N-dealkylation sites (N-methyl/N-ethyl adjacent to an activating group) is 1. The van der Waals surface area contributed by atoms with E-state index in [-0.39, 0.29) is 6.54 Å². The van der Waals surface area contributed by atoms with E-state index in [2.05, 4.69) is 10.3 Å². The highest BCUT2D eigenvalue weighted by Crippen LogP contribution is 2.43. The summed E-state index contributed by atoms with van der Waals surface area (Å²) in [5.41, 5.74) is 0.736. The number of para-hydroxylation sites is 1. The van der Waals surface area contributed by atoms with Crippen LogP contribution in [0.25, 0.3) is 5.69 Å². The van der Waals surface area contributed by atoms with Gasteiger partial charge in [-0.3, -0.25) is 14.5 Å². The van der Waals surface area contributed by atoms with Crippen molar-refractivity contribution >= 4 is 17.6 Å². The number of anilines is 1. The lowest BCUT2D eigenvalue weighted by Crippen LogP contribution is -2.55. The van der Waals surface area contributed by atoms with E-state index in [9.17, 15) is 27.2 Å². The Hall–Kier alpha value is -4.54. The van der Waals surface area contributed by atoms with Crippen molar-refractivity contribution in [1.29, 1.82) is 0 Å². The fraction of sp³-hybridized carbons (Fsp3) is 0.214. The third-order valence-electron chi connectivity index (χ3n) is 6.62. The van der Waals surface area contributed by atoms with E-state index in [1.165, 1.54) is 29.2 Å². The number of halogens is 4. The number of hydrogen-bond donors (Lipinski definition) is 1. The predicted octanol–water partition coefficient (Wildman–Crippen LogP) is 5.03. The van der Waals surface area contributed by atoms with Gasteiger partial charge >= 0.3 is 6.18 Å². The van der Waals surface area contributed by atoms with Crippen molar-refractivity contribution < 1.29 is 27.2 Å². The van der Waals surface area contributed by atoms with Gasteiger partial charge in [0.05, 0.1) is 11.4 Å². The molecule has 4 aromatic rings. The molecule has 1 aliphatic rings. The summed E-state index contributed by atoms with van der Waals surface area (Å²) in [5.74, 6) is -2.22. The maximum absolute atomic E-state index is 14.0. The standard InChI is InChI=1S/C28H23F4N5O2/c1-3-36-26-22(16(2)35-37(26)19-8-5-4-6-9-19)23(17-12-14-18(29)15-13-17)24(27(36)39)34-25(38)20-10-7-11-21(33-20)28(30,31)32/h4-15,23-24H,3H2,1-2H3,(H,34,38)/t23-,24-/m0/s1. The predicted molar refractivity (Wildman–Crippen MR) is 135 cm³/mol. The van der Waals surface area contributed by atoms with Gasteiger partial charge in [-0.15, -0.1) is 0 Å². The minimum absolute atomic E-state index is 0.230. The van der Waals surface area contributed by atoms with E-state index in [1.807, 2.05) is 30.3 Å². The SMILES string of the molecule is CCN1C(=O)[C@@H](NC(=O)c2cccc(C(F)(F)F)n2)[C@@H](c2ccc(F)cc2)c2c(C)nn(-c3ccccc3)c21. The number of aryl methyl sites for hydroxylation is 1. The lowest BCUT2D eigenvalue weighted by molar-refractivity contribution is -0.141. The summed E-state index contributed by atoms with van der Waals surface area (Å²) in [6, 6.07) is 16.5. The van der Waals surface area contributed by atoms with Crippen molar-refractivity contribution in [3.05, 3.63) is 107 Å². The van der Waals surface area contributed by atoms with Gasteiger partial charge < -0.3 is 5.32 Å². The second kappa shape index (κ2) is 9.97. The number of aromatic nitrogens is 3. The number of fused-ring (bicyclic) bond motifs is 1. The molecule has 1 aliphatic heterocycles. The molecule has 0 fully saturated rings. The van der Waals surface area contributed by atoms with Crippen molar-refractivity contribution in [3.8, 4) is 5.69 Å². The number of pyridine rings is 1. The molecule has 0 saturated heterocycles. The lowest BCUT2D eigenvalue weighted by atomic mass is 9.81. The van der Waals surface area contributed by atoms with Crippen molar-refractivity contribution in [2.75, 3.05) is 11.4 Å². The summed E-state index contributed by atoms with van der Waals surface area (Å²) in [6.45, 7) is 3.77. The summed E-state index contributed by atoms with van der Waals surface area (Å²) in [7, 11) is 0. The Kier molecular flexibility index (Phi) is 6.67. The quantitative estimate of drug-likeness (QED) is 0.362. The highest BCUT2D eigenvalue weighted by Gasteiger charge is 2.45. The first-order valence-electron chi connectivity index (χ1n) is 12.2. The van der Waals surface area contributed by atoms with E-state index in [0.29, 0.717) is 28.3 Å². The van der Waals surface area contributed by atoms with Crippen molar-refractivity contribution in [3.63, 3.8) is 0 Å². The molecule has 39 heavy (non-hydrogen) atoms. The highest BCUT2D eigenvalue weighted by molar-refractivity contribution is 6.05. The summed E-state index contributed by atoms with van der Waals surface area (Å²) in [4.78, 5) is 32.1. The van der Waals surface area contributed by atoms with Crippen LogP contribution in [0.4, 0.5) is 23.4 Å². The molecule has 0 aliphatic carbocycles. The number of nitrogens with zero attached hydrogens (tertiary/aromatic N) is 4. The molecule has 0 bridgehead atoms. The van der Waals surface area contributed by atoms with Crippen molar-refractivity contribution in [2.24, 2.45) is 0 Å². The monoisotopic (exact) mass is 537 g/mol. The van der Waals surface area contributed by atoms with Gasteiger partial charge in [-0.1, -0.05) is 36.4 Å². The van der Waals surface area contributed by atoms with Crippen LogP contribution in [0.5, 0.6) is 0 Å². The topological polar surface area (TPSA) is 80.1 Å². The zero-order valence-corrected chi connectivity index (χ0v) is 20.9. The van der Waals surface area contributed by atoms with Crippen LogP contribution in [0.15, 0.2) is 72.8 Å². The van der Waals surface area contributed by atoms with Crippen LogP contribution in [0.3, 0.4) is 0 Å². The average molecular weight is 538 g/mol. The van der Waals surface area contributed by atoms with Gasteiger partial charge in [0.1, 0.15) is 29.1 Å². The molecule has 2 aromatic carbocycles. The van der Waals surface area contributed by atoms with E-state index < -0.39 is 47.2 Å². The Bertz CT molecular complexity index is 1530. The number of hydrogen-bond acceptors (Lipinski definition) is 4. The second-order valence-electron chi connectivity index (χ2n) is 9.04. The fourth-order valence-electron chi connectivity index (χ4n) is 4.90. The Morgan fingerprint density at radius 2 is 1.69 bits per heavy atom. The largest absolute Gasteiger partial charge is 0.433 e. The van der Waals surface area contributed by atoms with Crippen LogP contribution in [0.1, 0.15) is 45.8 Å². The molecule has 2 aromatic heterocycles. The third kappa shape index (κ3) is 4.75. The number of carbonyl (C=O) groups is 2.